The third-order valence-corrected chi connectivity index (χ3v) is 5.01. The highest BCUT2D eigenvalue weighted by molar-refractivity contribution is 7.92. The molecular weight excluding hydrogens is 405 g/mol. The Hall–Kier alpha value is -2.52. The van der Waals surface area contributed by atoms with Gasteiger partial charge >= 0.3 is 6.18 Å². The smallest absolute Gasteiger partial charge is 0.356 e. The summed E-state index contributed by atoms with van der Waals surface area (Å²) >= 11 is 5.58. The molecule has 0 bridgehead atoms. The van der Waals surface area contributed by atoms with E-state index < -0.39 is 27.5 Å². The van der Waals surface area contributed by atoms with E-state index in [4.69, 9.17) is 11.6 Å². The van der Waals surface area contributed by atoms with Gasteiger partial charge in [0.1, 0.15) is 0 Å². The van der Waals surface area contributed by atoms with Gasteiger partial charge in [-0.1, -0.05) is 23.7 Å². The minimum atomic E-state index is -4.78. The summed E-state index contributed by atoms with van der Waals surface area (Å²) in [5.41, 5.74) is -1.28. The van der Waals surface area contributed by atoms with E-state index >= 15 is 0 Å². The Morgan fingerprint density at radius 2 is 1.74 bits per heavy atom. The molecule has 0 atom stereocenters. The molecule has 0 heterocycles. The highest BCUT2D eigenvalue weighted by Crippen LogP contribution is 2.37. The fraction of sp³-hybridized carbons (Fsp3) is 0.118. The molecule has 0 aliphatic carbocycles. The lowest BCUT2D eigenvalue weighted by atomic mass is 10.2. The van der Waals surface area contributed by atoms with Gasteiger partial charge < -0.3 is 5.32 Å². The quantitative estimate of drug-likeness (QED) is 0.723. The number of benzene rings is 2. The lowest BCUT2D eigenvalue weighted by molar-refractivity contribution is -0.136. The summed E-state index contributed by atoms with van der Waals surface area (Å²) in [5.74, 6) is -0.337. The molecule has 0 aromatic heterocycles. The minimum Gasteiger partial charge on any atom is -0.356 e. The molecule has 0 unspecified atom stereocenters. The second kappa shape index (κ2) is 8.01. The van der Waals surface area contributed by atoms with Crippen LogP contribution in [-0.2, 0) is 21.0 Å². The number of rotatable bonds is 5. The minimum absolute atomic E-state index is 0.169. The van der Waals surface area contributed by atoms with Crippen molar-refractivity contribution in [1.29, 1.82) is 0 Å². The van der Waals surface area contributed by atoms with E-state index in [1.165, 1.54) is 43.5 Å². The van der Waals surface area contributed by atoms with Crippen molar-refractivity contribution >= 4 is 39.3 Å². The van der Waals surface area contributed by atoms with Gasteiger partial charge in [0, 0.05) is 18.1 Å². The number of sulfonamides is 1. The van der Waals surface area contributed by atoms with Gasteiger partial charge in [0.25, 0.3) is 10.0 Å². The number of alkyl halides is 3. The molecular formula is C17H14ClF3N2O3S. The first kappa shape index (κ1) is 20.8. The molecule has 0 saturated heterocycles. The van der Waals surface area contributed by atoms with Crippen LogP contribution in [0.25, 0.3) is 6.08 Å². The second-order valence-electron chi connectivity index (χ2n) is 5.31. The van der Waals surface area contributed by atoms with Crippen molar-refractivity contribution < 1.29 is 26.4 Å². The maximum absolute atomic E-state index is 13.1. The summed E-state index contributed by atoms with van der Waals surface area (Å²) in [4.78, 5) is 10.9. The van der Waals surface area contributed by atoms with Gasteiger partial charge in [-0.2, -0.15) is 13.2 Å². The summed E-state index contributed by atoms with van der Waals surface area (Å²) in [6.07, 6.45) is -2.06. The monoisotopic (exact) mass is 418 g/mol. The van der Waals surface area contributed by atoms with Gasteiger partial charge in [0.15, 0.2) is 0 Å². The first-order valence-corrected chi connectivity index (χ1v) is 9.28. The van der Waals surface area contributed by atoms with Crippen LogP contribution in [0.1, 0.15) is 11.1 Å². The Morgan fingerprint density at radius 3 is 2.30 bits per heavy atom. The molecule has 2 aromatic rings. The van der Waals surface area contributed by atoms with E-state index in [0.717, 1.165) is 12.1 Å². The summed E-state index contributed by atoms with van der Waals surface area (Å²) in [6, 6.07) is 8.02. The zero-order chi connectivity index (χ0) is 20.2. The highest BCUT2D eigenvalue weighted by Gasteiger charge is 2.35. The number of amides is 1. The van der Waals surface area contributed by atoms with E-state index in [2.05, 4.69) is 5.32 Å². The average molecular weight is 419 g/mol. The molecule has 10 heteroatoms. The lowest BCUT2D eigenvalue weighted by Crippen LogP contribution is -2.17. The summed E-state index contributed by atoms with van der Waals surface area (Å²) < 4.78 is 66.0. The molecule has 2 rings (SSSR count). The predicted octanol–water partition coefficient (Wildman–Crippen LogP) is 3.92. The molecule has 0 radical (unpaired) electrons. The van der Waals surface area contributed by atoms with E-state index in [1.54, 1.807) is 0 Å². The first-order valence-electron chi connectivity index (χ1n) is 7.42. The van der Waals surface area contributed by atoms with Crippen LogP contribution < -0.4 is 10.0 Å². The van der Waals surface area contributed by atoms with E-state index in [1.807, 2.05) is 4.72 Å². The Balaban J connectivity index is 2.30. The van der Waals surface area contributed by atoms with Gasteiger partial charge in [-0.3, -0.25) is 9.52 Å². The predicted molar refractivity (Wildman–Crippen MR) is 96.8 cm³/mol. The molecule has 1 amide bonds. The van der Waals surface area contributed by atoms with Gasteiger partial charge in [-0.15, -0.1) is 0 Å². The molecule has 0 fully saturated rings. The van der Waals surface area contributed by atoms with Crippen LogP contribution in [0.4, 0.5) is 18.9 Å². The molecule has 144 valence electrons. The van der Waals surface area contributed by atoms with Gasteiger partial charge in [0.05, 0.1) is 16.1 Å². The number of nitrogens with one attached hydrogen (secondary N) is 2. The highest BCUT2D eigenvalue weighted by atomic mass is 35.5. The number of carbonyl (C=O) groups excluding carboxylic acids is 1. The Morgan fingerprint density at radius 1 is 1.11 bits per heavy atom. The van der Waals surface area contributed by atoms with Crippen molar-refractivity contribution in [2.45, 2.75) is 11.1 Å². The zero-order valence-corrected chi connectivity index (χ0v) is 15.4. The molecule has 2 aromatic carbocycles. The first-order chi connectivity index (χ1) is 12.5. The molecule has 27 heavy (non-hydrogen) atoms. The summed E-state index contributed by atoms with van der Waals surface area (Å²) in [5, 5.41) is 2.22. The van der Waals surface area contributed by atoms with E-state index in [-0.39, 0.29) is 15.8 Å². The third kappa shape index (κ3) is 5.48. The van der Waals surface area contributed by atoms with E-state index in [9.17, 15) is 26.4 Å². The van der Waals surface area contributed by atoms with Gasteiger partial charge in [0.2, 0.25) is 5.91 Å². The number of carbonyl (C=O) groups is 1. The summed E-state index contributed by atoms with van der Waals surface area (Å²) in [7, 11) is -2.80. The summed E-state index contributed by atoms with van der Waals surface area (Å²) in [6.45, 7) is 0. The fourth-order valence-electron chi connectivity index (χ4n) is 2.06. The van der Waals surface area contributed by atoms with Gasteiger partial charge in [-0.05, 0) is 42.0 Å². The van der Waals surface area contributed by atoms with Crippen molar-refractivity contribution in [3.05, 3.63) is 64.7 Å². The SMILES string of the molecule is CNC(=O)/C=C/c1ccc(S(=O)(=O)Nc2ccc(Cl)cc2C(F)(F)F)cc1. The molecule has 0 saturated carbocycles. The Kier molecular flexibility index (Phi) is 6.17. The van der Waals surface area contributed by atoms with Crippen LogP contribution in [-0.4, -0.2) is 21.4 Å². The topological polar surface area (TPSA) is 75.3 Å². The molecule has 0 aliphatic rings. The average Bonchev–Trinajstić information content (AvgIpc) is 2.60. The van der Waals surface area contributed by atoms with Crippen molar-refractivity contribution in [3.63, 3.8) is 0 Å². The normalized spacial score (nSPS) is 12.2. The van der Waals surface area contributed by atoms with Gasteiger partial charge in [-0.25, -0.2) is 8.42 Å². The maximum Gasteiger partial charge on any atom is 0.418 e. The van der Waals surface area contributed by atoms with Crippen LogP contribution >= 0.6 is 11.6 Å². The van der Waals surface area contributed by atoms with Crippen LogP contribution in [0.5, 0.6) is 0 Å². The molecule has 2 N–H and O–H groups in total. The molecule has 0 aliphatic heterocycles. The standard InChI is InChI=1S/C17H14ClF3N2O3S/c1-22-16(24)9-4-11-2-6-13(7-3-11)27(25,26)23-15-8-5-12(18)10-14(15)17(19,20)21/h2-10,23H,1H3,(H,22,24)/b9-4+. The lowest BCUT2D eigenvalue weighted by Gasteiger charge is -2.15. The number of hydrogen-bond acceptors (Lipinski definition) is 3. The number of likely N-dealkylation sites (N-methyl/N-ethyl adjacent to an activating group) is 1. The second-order valence-corrected chi connectivity index (χ2v) is 7.43. The van der Waals surface area contributed by atoms with Crippen molar-refractivity contribution in [2.75, 3.05) is 11.8 Å². The van der Waals surface area contributed by atoms with Crippen LogP contribution in [0.15, 0.2) is 53.4 Å². The van der Waals surface area contributed by atoms with E-state index in [0.29, 0.717) is 11.6 Å². The van der Waals surface area contributed by atoms with Crippen LogP contribution in [0, 0.1) is 0 Å². The van der Waals surface area contributed by atoms with Crippen molar-refractivity contribution in [2.24, 2.45) is 0 Å². The van der Waals surface area contributed by atoms with Crippen molar-refractivity contribution in [3.8, 4) is 0 Å². The molecule has 5 nitrogen and oxygen atoms in total. The molecule has 0 spiro atoms. The fourth-order valence-corrected chi connectivity index (χ4v) is 3.31. The Labute approximate surface area is 158 Å². The number of hydrogen-bond donors (Lipinski definition) is 2. The van der Waals surface area contributed by atoms with Crippen LogP contribution in [0.2, 0.25) is 5.02 Å². The maximum atomic E-state index is 13.1. The largest absolute Gasteiger partial charge is 0.418 e. The van der Waals surface area contributed by atoms with Crippen LogP contribution in [0.3, 0.4) is 0 Å². The number of halogens is 4. The van der Waals surface area contributed by atoms with Crippen molar-refractivity contribution in [1.82, 2.24) is 5.32 Å². The Bertz CT molecular complexity index is 972. The zero-order valence-electron chi connectivity index (χ0n) is 13.8. The third-order valence-electron chi connectivity index (χ3n) is 3.40. The number of anilines is 1.